The smallest absolute Gasteiger partial charge is 0.244 e. The van der Waals surface area contributed by atoms with Gasteiger partial charge in [-0.2, -0.15) is 0 Å². The van der Waals surface area contributed by atoms with Crippen molar-refractivity contribution < 1.29 is 13.6 Å². The molecule has 0 bridgehead atoms. The molecule has 4 rings (SSSR count). The van der Waals surface area contributed by atoms with Crippen LogP contribution < -0.4 is 5.32 Å². The summed E-state index contributed by atoms with van der Waals surface area (Å²) < 4.78 is 26.5. The van der Waals surface area contributed by atoms with Crippen molar-refractivity contribution in [2.75, 3.05) is 19.6 Å². The van der Waals surface area contributed by atoms with Crippen LogP contribution in [-0.2, 0) is 4.79 Å². The Balaban J connectivity index is 1.19. The van der Waals surface area contributed by atoms with Crippen LogP contribution in [0.2, 0.25) is 0 Å². The number of likely N-dealkylation sites (tertiary alicyclic amines) is 1. The summed E-state index contributed by atoms with van der Waals surface area (Å²) in [7, 11) is 0. The number of pyridine rings is 1. The normalized spacial score (nSPS) is 22.8. The summed E-state index contributed by atoms with van der Waals surface area (Å²) in [4.78, 5) is 18.9. The van der Waals surface area contributed by atoms with Gasteiger partial charge in [-0.15, -0.1) is 0 Å². The van der Waals surface area contributed by atoms with Crippen LogP contribution in [0.5, 0.6) is 0 Å². The van der Waals surface area contributed by atoms with Gasteiger partial charge in [0.25, 0.3) is 0 Å². The molecule has 1 saturated carbocycles. The van der Waals surface area contributed by atoms with Gasteiger partial charge in [-0.1, -0.05) is 0 Å². The second-order valence-electron chi connectivity index (χ2n) is 8.78. The molecule has 2 atom stereocenters. The predicted molar refractivity (Wildman–Crippen MR) is 117 cm³/mol. The van der Waals surface area contributed by atoms with Gasteiger partial charge in [0.15, 0.2) is 0 Å². The molecule has 1 N–H and O–H groups in total. The van der Waals surface area contributed by atoms with E-state index < -0.39 is 11.6 Å². The average molecular weight is 426 g/mol. The van der Waals surface area contributed by atoms with E-state index in [2.05, 4.69) is 27.3 Å². The Bertz CT molecular complexity index is 890. The zero-order chi connectivity index (χ0) is 21.6. The molecule has 2 aromatic rings. The fourth-order valence-electron chi connectivity index (χ4n) is 4.91. The van der Waals surface area contributed by atoms with Crippen LogP contribution in [0.1, 0.15) is 49.1 Å². The highest BCUT2D eigenvalue weighted by atomic mass is 19.1. The molecule has 0 radical (unpaired) electrons. The van der Waals surface area contributed by atoms with E-state index in [9.17, 15) is 13.6 Å². The topological polar surface area (TPSA) is 45.2 Å². The van der Waals surface area contributed by atoms with Crippen molar-refractivity contribution in [1.29, 1.82) is 0 Å². The Hall–Kier alpha value is -2.60. The Morgan fingerprint density at radius 3 is 2.48 bits per heavy atom. The molecule has 1 amide bonds. The number of aromatic nitrogens is 1. The number of nitrogens with one attached hydrogen (secondary N) is 1. The molecule has 31 heavy (non-hydrogen) atoms. The number of carbonyl (C=O) groups excluding carboxylic acids is 1. The average Bonchev–Trinajstić information content (AvgIpc) is 3.19. The summed E-state index contributed by atoms with van der Waals surface area (Å²) in [5, 5.41) is 3.04. The van der Waals surface area contributed by atoms with Crippen molar-refractivity contribution in [2.24, 2.45) is 5.92 Å². The van der Waals surface area contributed by atoms with Gasteiger partial charge >= 0.3 is 0 Å². The quantitative estimate of drug-likeness (QED) is 0.692. The molecule has 1 aromatic carbocycles. The minimum Gasteiger partial charge on any atom is -0.350 e. The van der Waals surface area contributed by atoms with Crippen LogP contribution in [0.15, 0.2) is 48.8 Å². The second-order valence-corrected chi connectivity index (χ2v) is 8.78. The maximum atomic E-state index is 13.2. The van der Waals surface area contributed by atoms with E-state index >= 15 is 0 Å². The molecule has 6 heteroatoms. The van der Waals surface area contributed by atoms with Crippen molar-refractivity contribution in [2.45, 2.75) is 44.1 Å². The molecular weight excluding hydrogens is 396 g/mol. The lowest BCUT2D eigenvalue weighted by Crippen LogP contribution is -2.37. The second kappa shape index (κ2) is 10.1. The van der Waals surface area contributed by atoms with E-state index in [0.29, 0.717) is 17.4 Å². The van der Waals surface area contributed by atoms with Crippen molar-refractivity contribution in [3.63, 3.8) is 0 Å². The highest BCUT2D eigenvalue weighted by Crippen LogP contribution is 2.31. The standard InChI is InChI=1S/C25H29F2N3O/c26-22-13-18(14-23(27)16-22)2-4-25(31)29-24-3-1-19(15-24)17-30-11-7-21(8-12-30)20-5-9-28-10-6-20/h2,4-6,9-10,13-14,16,19,21,24H,1,3,7-8,11-12,15,17H2,(H,29,31)/b4-2+/t19-,24+/m0/s1. The summed E-state index contributed by atoms with van der Waals surface area (Å²) in [6.07, 6.45) is 12.0. The summed E-state index contributed by atoms with van der Waals surface area (Å²) in [5.41, 5.74) is 1.74. The molecule has 0 unspecified atom stereocenters. The zero-order valence-corrected chi connectivity index (χ0v) is 17.6. The van der Waals surface area contributed by atoms with E-state index in [4.69, 9.17) is 0 Å². The summed E-state index contributed by atoms with van der Waals surface area (Å²) in [6.45, 7) is 3.33. The van der Waals surface area contributed by atoms with Gasteiger partial charge in [0.1, 0.15) is 11.6 Å². The summed E-state index contributed by atoms with van der Waals surface area (Å²) in [5.74, 6) is -0.280. The number of hydrogen-bond acceptors (Lipinski definition) is 3. The first-order chi connectivity index (χ1) is 15.0. The number of nitrogens with zero attached hydrogens (tertiary/aromatic N) is 2. The van der Waals surface area contributed by atoms with Crippen LogP contribution in [-0.4, -0.2) is 41.5 Å². The molecule has 0 spiro atoms. The van der Waals surface area contributed by atoms with Crippen LogP contribution in [0.4, 0.5) is 8.78 Å². The van der Waals surface area contributed by atoms with Gasteiger partial charge in [-0.05, 0) is 98.5 Å². The first-order valence-electron chi connectivity index (χ1n) is 11.1. The van der Waals surface area contributed by atoms with Crippen molar-refractivity contribution in [3.8, 4) is 0 Å². The minimum atomic E-state index is -0.650. The molecule has 2 aliphatic rings. The van der Waals surface area contributed by atoms with E-state index in [1.807, 2.05) is 12.4 Å². The van der Waals surface area contributed by atoms with E-state index in [-0.39, 0.29) is 11.9 Å². The fourth-order valence-corrected chi connectivity index (χ4v) is 4.91. The molecular formula is C25H29F2N3O. The maximum absolute atomic E-state index is 13.2. The molecule has 4 nitrogen and oxygen atoms in total. The van der Waals surface area contributed by atoms with Crippen LogP contribution >= 0.6 is 0 Å². The number of hydrogen-bond donors (Lipinski definition) is 1. The third-order valence-corrected chi connectivity index (χ3v) is 6.48. The van der Waals surface area contributed by atoms with Gasteiger partial charge in [-0.25, -0.2) is 8.78 Å². The summed E-state index contributed by atoms with van der Waals surface area (Å²) in [6, 6.07) is 7.65. The summed E-state index contributed by atoms with van der Waals surface area (Å²) >= 11 is 0. The Labute approximate surface area is 182 Å². The largest absolute Gasteiger partial charge is 0.350 e. The lowest BCUT2D eigenvalue weighted by atomic mass is 9.89. The van der Waals surface area contributed by atoms with Crippen LogP contribution in [0.25, 0.3) is 6.08 Å². The number of rotatable bonds is 6. The lowest BCUT2D eigenvalue weighted by molar-refractivity contribution is -0.117. The van der Waals surface area contributed by atoms with E-state index in [1.54, 1.807) is 0 Å². The molecule has 1 aliphatic carbocycles. The zero-order valence-electron chi connectivity index (χ0n) is 17.6. The third-order valence-electron chi connectivity index (χ3n) is 6.48. The lowest BCUT2D eigenvalue weighted by Gasteiger charge is -2.33. The highest BCUT2D eigenvalue weighted by Gasteiger charge is 2.28. The van der Waals surface area contributed by atoms with Gasteiger partial charge in [0.05, 0.1) is 0 Å². The first-order valence-corrected chi connectivity index (χ1v) is 11.1. The van der Waals surface area contributed by atoms with E-state index in [1.165, 1.54) is 42.7 Å². The third kappa shape index (κ3) is 6.20. The van der Waals surface area contributed by atoms with Crippen LogP contribution in [0.3, 0.4) is 0 Å². The van der Waals surface area contributed by atoms with Gasteiger partial charge < -0.3 is 10.2 Å². The number of amides is 1. The fraction of sp³-hybridized carbons (Fsp3) is 0.440. The Morgan fingerprint density at radius 1 is 1.06 bits per heavy atom. The predicted octanol–water partition coefficient (Wildman–Crippen LogP) is 4.54. The number of piperidine rings is 1. The number of carbonyl (C=O) groups is 1. The molecule has 2 heterocycles. The highest BCUT2D eigenvalue weighted by molar-refractivity contribution is 5.91. The molecule has 1 aromatic heterocycles. The Morgan fingerprint density at radius 2 is 1.77 bits per heavy atom. The van der Waals surface area contributed by atoms with Crippen molar-refractivity contribution in [1.82, 2.24) is 15.2 Å². The molecule has 1 aliphatic heterocycles. The molecule has 164 valence electrons. The minimum absolute atomic E-state index is 0.167. The Kier molecular flexibility index (Phi) is 7.07. The molecule has 2 fully saturated rings. The van der Waals surface area contributed by atoms with Gasteiger partial charge in [0, 0.05) is 37.1 Å². The van der Waals surface area contributed by atoms with Crippen molar-refractivity contribution >= 4 is 12.0 Å². The number of halogens is 2. The number of benzene rings is 1. The van der Waals surface area contributed by atoms with Crippen molar-refractivity contribution in [3.05, 3.63) is 71.6 Å². The molecule has 1 saturated heterocycles. The van der Waals surface area contributed by atoms with E-state index in [0.717, 1.165) is 45.0 Å². The SMILES string of the molecule is O=C(/C=C/c1cc(F)cc(F)c1)N[C@@H]1CC[C@H](CN2CCC(c3ccncc3)CC2)C1. The van der Waals surface area contributed by atoms with Crippen LogP contribution in [0, 0.1) is 17.6 Å². The first kappa shape index (κ1) is 21.6. The van der Waals surface area contributed by atoms with Gasteiger partial charge in [0.2, 0.25) is 5.91 Å². The van der Waals surface area contributed by atoms with Gasteiger partial charge in [-0.3, -0.25) is 9.78 Å². The maximum Gasteiger partial charge on any atom is 0.244 e. The monoisotopic (exact) mass is 425 g/mol.